The predicted octanol–water partition coefficient (Wildman–Crippen LogP) is 4.55. The SMILES string of the molecule is CNS(=O)(=O)c1ccc(CC2CCC3(C2)CN(c2ncnc4sc(CC(F)(F)F)cc24)C3)cc1. The van der Waals surface area contributed by atoms with Gasteiger partial charge >= 0.3 is 6.18 Å². The van der Waals surface area contributed by atoms with Crippen LogP contribution in [0.5, 0.6) is 0 Å². The van der Waals surface area contributed by atoms with Crippen LogP contribution in [0.4, 0.5) is 19.0 Å². The molecule has 2 fully saturated rings. The Hall–Kier alpha value is -2.24. The molecule has 1 atom stereocenters. The molecule has 1 aromatic carbocycles. The maximum absolute atomic E-state index is 12.8. The molecule has 1 aliphatic heterocycles. The minimum Gasteiger partial charge on any atom is -0.355 e. The Balaban J connectivity index is 1.23. The molecule has 34 heavy (non-hydrogen) atoms. The quantitative estimate of drug-likeness (QED) is 0.527. The van der Waals surface area contributed by atoms with Gasteiger partial charge in [0, 0.05) is 23.4 Å². The van der Waals surface area contributed by atoms with Crippen molar-refractivity contribution < 1.29 is 21.6 Å². The molecule has 1 spiro atoms. The molecule has 5 rings (SSSR count). The van der Waals surface area contributed by atoms with E-state index in [0.717, 1.165) is 61.5 Å². The summed E-state index contributed by atoms with van der Waals surface area (Å²) in [5.74, 6) is 1.25. The summed E-state index contributed by atoms with van der Waals surface area (Å²) in [7, 11) is -2.03. The first kappa shape index (κ1) is 23.5. The first-order valence-electron chi connectivity index (χ1n) is 11.1. The molecule has 1 unspecified atom stereocenters. The standard InChI is InChI=1S/C23H25F3N4O2S2/c1-27-34(31,32)18-4-2-15(3-5-18)8-16-6-7-22(10-16)12-30(13-22)20-19-9-17(11-23(24,25)26)33-21(19)29-14-28-20/h2-5,9,14,16,27H,6-8,10-13H2,1H3. The van der Waals surface area contributed by atoms with E-state index < -0.39 is 22.6 Å². The maximum Gasteiger partial charge on any atom is 0.393 e. The molecular formula is C23H25F3N4O2S2. The lowest BCUT2D eigenvalue weighted by atomic mass is 9.77. The van der Waals surface area contributed by atoms with Crippen molar-refractivity contribution in [1.82, 2.24) is 14.7 Å². The number of sulfonamides is 1. The van der Waals surface area contributed by atoms with Crippen molar-refractivity contribution in [3.63, 3.8) is 0 Å². The molecule has 0 radical (unpaired) electrons. The number of halogens is 3. The van der Waals surface area contributed by atoms with Crippen molar-refractivity contribution >= 4 is 37.4 Å². The van der Waals surface area contributed by atoms with Crippen LogP contribution in [0.15, 0.2) is 41.6 Å². The van der Waals surface area contributed by atoms with E-state index in [1.54, 1.807) is 18.2 Å². The highest BCUT2D eigenvalue weighted by molar-refractivity contribution is 7.89. The van der Waals surface area contributed by atoms with Gasteiger partial charge in [-0.2, -0.15) is 13.2 Å². The van der Waals surface area contributed by atoms with Crippen LogP contribution in [0.1, 0.15) is 29.7 Å². The molecule has 3 aromatic rings. The molecule has 0 bridgehead atoms. The summed E-state index contributed by atoms with van der Waals surface area (Å²) in [6, 6.07) is 8.64. The summed E-state index contributed by atoms with van der Waals surface area (Å²) in [6.45, 7) is 1.69. The van der Waals surface area contributed by atoms with Crippen LogP contribution in [-0.2, 0) is 22.9 Å². The molecule has 3 heterocycles. The van der Waals surface area contributed by atoms with Crippen LogP contribution in [0, 0.1) is 11.3 Å². The smallest absolute Gasteiger partial charge is 0.355 e. The second-order valence-corrected chi connectivity index (χ2v) is 12.4. The lowest BCUT2D eigenvalue weighted by molar-refractivity contribution is -0.126. The van der Waals surface area contributed by atoms with E-state index in [1.165, 1.54) is 13.4 Å². The Kier molecular flexibility index (Phi) is 5.84. The monoisotopic (exact) mass is 510 g/mol. The van der Waals surface area contributed by atoms with E-state index in [9.17, 15) is 21.6 Å². The van der Waals surface area contributed by atoms with Crippen LogP contribution >= 0.6 is 11.3 Å². The van der Waals surface area contributed by atoms with E-state index in [1.807, 2.05) is 12.1 Å². The number of hydrogen-bond acceptors (Lipinski definition) is 6. The molecule has 2 aromatic heterocycles. The van der Waals surface area contributed by atoms with Gasteiger partial charge in [0.15, 0.2) is 0 Å². The number of alkyl halides is 3. The third-order valence-electron chi connectivity index (χ3n) is 6.92. The second-order valence-electron chi connectivity index (χ2n) is 9.44. The van der Waals surface area contributed by atoms with Gasteiger partial charge in [-0.05, 0) is 62.4 Å². The van der Waals surface area contributed by atoms with Crippen molar-refractivity contribution in [3.8, 4) is 0 Å². The number of nitrogens with one attached hydrogen (secondary N) is 1. The van der Waals surface area contributed by atoms with Gasteiger partial charge in [-0.15, -0.1) is 11.3 Å². The zero-order valence-electron chi connectivity index (χ0n) is 18.6. The number of rotatable bonds is 6. The molecule has 0 amide bonds. The molecule has 2 aliphatic rings. The van der Waals surface area contributed by atoms with Crippen molar-refractivity contribution in [2.75, 3.05) is 25.0 Å². The predicted molar refractivity (Wildman–Crippen MR) is 126 cm³/mol. The highest BCUT2D eigenvalue weighted by Crippen LogP contribution is 2.51. The lowest BCUT2D eigenvalue weighted by Crippen LogP contribution is -2.55. The normalized spacial score (nSPS) is 20.2. The summed E-state index contributed by atoms with van der Waals surface area (Å²) in [5, 5.41) is 0.702. The molecule has 1 aliphatic carbocycles. The fourth-order valence-corrected chi connectivity index (χ4v) is 7.14. The Labute approximate surface area is 200 Å². The molecule has 1 N–H and O–H groups in total. The van der Waals surface area contributed by atoms with Gasteiger partial charge in [-0.25, -0.2) is 23.1 Å². The number of benzene rings is 1. The molecule has 1 saturated carbocycles. The van der Waals surface area contributed by atoms with E-state index in [0.29, 0.717) is 16.1 Å². The average Bonchev–Trinajstić information content (AvgIpc) is 3.35. The summed E-state index contributed by atoms with van der Waals surface area (Å²) in [6.07, 6.45) is 0.458. The van der Waals surface area contributed by atoms with Crippen LogP contribution in [-0.4, -0.2) is 44.7 Å². The van der Waals surface area contributed by atoms with Gasteiger partial charge in [0.25, 0.3) is 0 Å². The zero-order chi connectivity index (χ0) is 24.1. The maximum atomic E-state index is 12.8. The molecule has 6 nitrogen and oxygen atoms in total. The van der Waals surface area contributed by atoms with Gasteiger partial charge in [0.05, 0.1) is 16.7 Å². The average molecular weight is 511 g/mol. The van der Waals surface area contributed by atoms with Gasteiger partial charge in [0.2, 0.25) is 10.0 Å². The molecule has 182 valence electrons. The van der Waals surface area contributed by atoms with Crippen molar-refractivity contribution in [2.45, 2.75) is 43.2 Å². The van der Waals surface area contributed by atoms with E-state index in [4.69, 9.17) is 0 Å². The number of aromatic nitrogens is 2. The number of anilines is 1. The molecule has 11 heteroatoms. The first-order chi connectivity index (χ1) is 16.1. The van der Waals surface area contributed by atoms with Crippen LogP contribution in [0.25, 0.3) is 10.2 Å². The van der Waals surface area contributed by atoms with Crippen molar-refractivity contribution in [2.24, 2.45) is 11.3 Å². The Morgan fingerprint density at radius 1 is 1.21 bits per heavy atom. The van der Waals surface area contributed by atoms with Crippen LogP contribution in [0.2, 0.25) is 0 Å². The zero-order valence-corrected chi connectivity index (χ0v) is 20.2. The van der Waals surface area contributed by atoms with Crippen molar-refractivity contribution in [3.05, 3.63) is 47.1 Å². The third kappa shape index (κ3) is 4.65. The number of nitrogens with zero attached hydrogens (tertiary/aromatic N) is 3. The highest BCUT2D eigenvalue weighted by Gasteiger charge is 2.48. The summed E-state index contributed by atoms with van der Waals surface area (Å²) in [4.78, 5) is 11.9. The second kappa shape index (κ2) is 8.46. The highest BCUT2D eigenvalue weighted by atomic mass is 32.2. The number of thiophene rings is 1. The third-order valence-corrected chi connectivity index (χ3v) is 9.39. The molecular weight excluding hydrogens is 485 g/mol. The van der Waals surface area contributed by atoms with Gasteiger partial charge in [-0.1, -0.05) is 12.1 Å². The molecule has 1 saturated heterocycles. The van der Waals surface area contributed by atoms with Gasteiger partial charge in [-0.3, -0.25) is 0 Å². The number of fused-ring (bicyclic) bond motifs is 1. The Morgan fingerprint density at radius 2 is 1.94 bits per heavy atom. The van der Waals surface area contributed by atoms with E-state index in [-0.39, 0.29) is 15.2 Å². The summed E-state index contributed by atoms with van der Waals surface area (Å²) < 4.78 is 64.6. The summed E-state index contributed by atoms with van der Waals surface area (Å²) >= 11 is 1.08. The van der Waals surface area contributed by atoms with E-state index in [2.05, 4.69) is 19.6 Å². The Bertz CT molecular complexity index is 1300. The van der Waals surface area contributed by atoms with Crippen molar-refractivity contribution in [1.29, 1.82) is 0 Å². The van der Waals surface area contributed by atoms with Gasteiger partial charge in [0.1, 0.15) is 17.0 Å². The van der Waals surface area contributed by atoms with Crippen LogP contribution in [0.3, 0.4) is 0 Å². The largest absolute Gasteiger partial charge is 0.393 e. The minimum absolute atomic E-state index is 0.210. The summed E-state index contributed by atoms with van der Waals surface area (Å²) in [5.41, 5.74) is 1.34. The lowest BCUT2D eigenvalue weighted by Gasteiger charge is -2.49. The number of hydrogen-bond donors (Lipinski definition) is 1. The fraction of sp³-hybridized carbons (Fsp3) is 0.478. The first-order valence-corrected chi connectivity index (χ1v) is 13.4. The van der Waals surface area contributed by atoms with Crippen LogP contribution < -0.4 is 9.62 Å². The Morgan fingerprint density at radius 3 is 2.62 bits per heavy atom. The topological polar surface area (TPSA) is 75.2 Å². The van der Waals surface area contributed by atoms with E-state index >= 15 is 0 Å². The fourth-order valence-electron chi connectivity index (χ4n) is 5.39. The van der Waals surface area contributed by atoms with Gasteiger partial charge < -0.3 is 4.90 Å². The minimum atomic E-state index is -4.24.